The van der Waals surface area contributed by atoms with E-state index in [2.05, 4.69) is 15.5 Å². The summed E-state index contributed by atoms with van der Waals surface area (Å²) in [5.74, 6) is 0. The number of hydrogen-bond acceptors (Lipinski definition) is 6. The first-order chi connectivity index (χ1) is 15.9. The molecular weight excluding hydrogens is 443 g/mol. The summed E-state index contributed by atoms with van der Waals surface area (Å²) >= 11 is 0. The lowest BCUT2D eigenvalue weighted by Gasteiger charge is -2.10. The van der Waals surface area contributed by atoms with Crippen molar-refractivity contribution in [2.45, 2.75) is 6.18 Å². The minimum atomic E-state index is -4.49. The third kappa shape index (κ3) is 7.47. The van der Waals surface area contributed by atoms with E-state index in [0.717, 1.165) is 11.3 Å². The number of alkyl halides is 3. The van der Waals surface area contributed by atoms with Crippen molar-refractivity contribution >= 4 is 23.6 Å². The molecular formula is C21H22F3N5O4. The zero-order valence-electron chi connectivity index (χ0n) is 17.4. The Hall–Kier alpha value is -3.64. The van der Waals surface area contributed by atoms with E-state index in [1.54, 1.807) is 54.1 Å². The number of pyridine rings is 1. The molecule has 0 fully saturated rings. The molecule has 0 spiro atoms. The van der Waals surface area contributed by atoms with Crippen LogP contribution in [0, 0.1) is 0 Å². The minimum Gasteiger partial charge on any atom is -0.394 e. The zero-order chi connectivity index (χ0) is 23.7. The average Bonchev–Trinajstić information content (AvgIpc) is 3.20. The fourth-order valence-electron chi connectivity index (χ4n) is 2.82. The molecule has 0 atom stereocenters. The lowest BCUT2D eigenvalue weighted by atomic mass is 10.1. The maximum absolute atomic E-state index is 12.2. The first-order valence-corrected chi connectivity index (χ1v) is 9.89. The third-order valence-corrected chi connectivity index (χ3v) is 4.23. The van der Waals surface area contributed by atoms with Crippen LogP contribution in [0.3, 0.4) is 0 Å². The number of hydrogen-bond donors (Lipinski definition) is 3. The van der Waals surface area contributed by atoms with Gasteiger partial charge in [-0.3, -0.25) is 4.40 Å². The van der Waals surface area contributed by atoms with Gasteiger partial charge in [0.1, 0.15) is 18.8 Å². The summed E-state index contributed by atoms with van der Waals surface area (Å²) in [6.45, 7) is -0.646. The maximum atomic E-state index is 12.2. The number of aromatic nitrogens is 2. The number of anilines is 1. The van der Waals surface area contributed by atoms with E-state index in [0.29, 0.717) is 23.5 Å². The second-order valence-electron chi connectivity index (χ2n) is 6.74. The van der Waals surface area contributed by atoms with Crippen LogP contribution in [0.5, 0.6) is 0 Å². The highest BCUT2D eigenvalue weighted by Crippen LogP contribution is 2.24. The highest BCUT2D eigenvalue weighted by molar-refractivity contribution is 5.90. The number of imidazole rings is 1. The van der Waals surface area contributed by atoms with Crippen molar-refractivity contribution < 1.29 is 32.6 Å². The van der Waals surface area contributed by atoms with Gasteiger partial charge in [-0.2, -0.15) is 13.2 Å². The topological polar surface area (TPSA) is 109 Å². The van der Waals surface area contributed by atoms with Crippen LogP contribution >= 0.6 is 0 Å². The van der Waals surface area contributed by atoms with E-state index in [9.17, 15) is 18.0 Å². The molecule has 1 aromatic carbocycles. The number of aliphatic hydroxyl groups excluding tert-OH is 1. The van der Waals surface area contributed by atoms with Crippen molar-refractivity contribution in [3.63, 3.8) is 0 Å². The number of nitrogens with one attached hydrogen (secondary N) is 2. The summed E-state index contributed by atoms with van der Waals surface area (Å²) in [4.78, 5) is 21.2. The normalized spacial score (nSPS) is 11.8. The van der Waals surface area contributed by atoms with Crippen molar-refractivity contribution in [1.82, 2.24) is 14.7 Å². The van der Waals surface area contributed by atoms with Crippen molar-refractivity contribution in [1.29, 1.82) is 0 Å². The van der Waals surface area contributed by atoms with Gasteiger partial charge in [-0.1, -0.05) is 17.3 Å². The molecule has 0 aliphatic rings. The Morgan fingerprint density at radius 3 is 2.85 bits per heavy atom. The molecule has 2 aromatic heterocycles. The second kappa shape index (κ2) is 11.3. The summed E-state index contributed by atoms with van der Waals surface area (Å²) in [5, 5.41) is 16.6. The zero-order valence-corrected chi connectivity index (χ0v) is 17.4. The standard InChI is InChI=1S/C21H22F3N5O4/c22-21(23,24)14-26-20(31)28-17-3-1-2-16(11-17)18-13-25-19-10-15(4-5-29(18)19)12-27-33-9-8-32-7-6-30/h1-5,10-13,30H,6-9,14H2,(H2,26,28,31). The Balaban J connectivity index is 1.64. The van der Waals surface area contributed by atoms with Gasteiger partial charge in [-0.25, -0.2) is 9.78 Å². The number of amides is 2. The number of rotatable bonds is 10. The molecule has 3 rings (SSSR count). The summed E-state index contributed by atoms with van der Waals surface area (Å²) < 4.78 is 43.6. The Morgan fingerprint density at radius 2 is 2.06 bits per heavy atom. The minimum absolute atomic E-state index is 0.0479. The van der Waals surface area contributed by atoms with Crippen molar-refractivity contribution in [3.05, 3.63) is 54.4 Å². The van der Waals surface area contributed by atoms with Gasteiger partial charge in [0.25, 0.3) is 0 Å². The Labute approximate surface area is 186 Å². The largest absolute Gasteiger partial charge is 0.405 e. The van der Waals surface area contributed by atoms with Gasteiger partial charge in [-0.15, -0.1) is 0 Å². The monoisotopic (exact) mass is 465 g/mol. The second-order valence-corrected chi connectivity index (χ2v) is 6.74. The van der Waals surface area contributed by atoms with Crippen LogP contribution in [-0.2, 0) is 9.57 Å². The van der Waals surface area contributed by atoms with Crippen LogP contribution in [0.15, 0.2) is 53.9 Å². The molecule has 0 aliphatic carbocycles. The molecule has 2 amide bonds. The molecule has 176 valence electrons. The van der Waals surface area contributed by atoms with Gasteiger partial charge >= 0.3 is 12.2 Å². The van der Waals surface area contributed by atoms with Gasteiger partial charge in [0.2, 0.25) is 0 Å². The molecule has 3 N–H and O–H groups in total. The Kier molecular flexibility index (Phi) is 8.22. The third-order valence-electron chi connectivity index (χ3n) is 4.23. The first kappa shape index (κ1) is 24.0. The predicted octanol–water partition coefficient (Wildman–Crippen LogP) is 3.04. The summed E-state index contributed by atoms with van der Waals surface area (Å²) in [6, 6.07) is 9.34. The molecule has 9 nitrogen and oxygen atoms in total. The van der Waals surface area contributed by atoms with Gasteiger partial charge < -0.3 is 25.3 Å². The van der Waals surface area contributed by atoms with Crippen LogP contribution in [0.1, 0.15) is 5.56 Å². The number of carbonyl (C=O) groups excluding carboxylic acids is 1. The SMILES string of the molecule is O=C(NCC(F)(F)F)Nc1cccc(-c2cnc3cc(C=NOCCOCCO)ccn23)c1. The number of ether oxygens (including phenoxy) is 1. The van der Waals surface area contributed by atoms with Crippen LogP contribution in [0.25, 0.3) is 16.9 Å². The van der Waals surface area contributed by atoms with Crippen LogP contribution < -0.4 is 10.6 Å². The molecule has 33 heavy (non-hydrogen) atoms. The summed E-state index contributed by atoms with van der Waals surface area (Å²) in [7, 11) is 0. The van der Waals surface area contributed by atoms with Crippen LogP contribution in [0.2, 0.25) is 0 Å². The lowest BCUT2D eigenvalue weighted by molar-refractivity contribution is -0.122. The number of nitrogens with zero attached hydrogens (tertiary/aromatic N) is 3. The molecule has 0 bridgehead atoms. The Bertz CT molecular complexity index is 1100. The van der Waals surface area contributed by atoms with E-state index in [1.165, 1.54) is 6.21 Å². The summed E-state index contributed by atoms with van der Waals surface area (Å²) in [5.41, 5.74) is 3.18. The van der Waals surface area contributed by atoms with E-state index in [1.807, 2.05) is 4.40 Å². The van der Waals surface area contributed by atoms with Gasteiger partial charge in [0.15, 0.2) is 0 Å². The molecule has 12 heteroatoms. The molecule has 2 heterocycles. The fraction of sp³-hybridized carbons (Fsp3) is 0.286. The highest BCUT2D eigenvalue weighted by atomic mass is 19.4. The van der Waals surface area contributed by atoms with Crippen molar-refractivity contribution in [2.24, 2.45) is 5.16 Å². The molecule has 0 aliphatic heterocycles. The van der Waals surface area contributed by atoms with E-state index in [-0.39, 0.29) is 19.8 Å². The number of fused-ring (bicyclic) bond motifs is 1. The van der Waals surface area contributed by atoms with Gasteiger partial charge in [-0.05, 0) is 24.3 Å². The fourth-order valence-corrected chi connectivity index (χ4v) is 2.82. The molecule has 0 radical (unpaired) electrons. The number of aliphatic hydroxyl groups is 1. The summed E-state index contributed by atoms with van der Waals surface area (Å²) in [6.07, 6.45) is 0.484. The molecule has 0 unspecified atom stereocenters. The van der Waals surface area contributed by atoms with Crippen LogP contribution in [0.4, 0.5) is 23.7 Å². The number of oxime groups is 1. The Morgan fingerprint density at radius 1 is 1.21 bits per heavy atom. The highest BCUT2D eigenvalue weighted by Gasteiger charge is 2.27. The van der Waals surface area contributed by atoms with E-state index >= 15 is 0 Å². The van der Waals surface area contributed by atoms with E-state index in [4.69, 9.17) is 14.7 Å². The van der Waals surface area contributed by atoms with Crippen LogP contribution in [-0.4, -0.2) is 65.9 Å². The lowest BCUT2D eigenvalue weighted by Crippen LogP contribution is -2.36. The first-order valence-electron chi connectivity index (χ1n) is 9.89. The van der Waals surface area contributed by atoms with Gasteiger partial charge in [0, 0.05) is 23.0 Å². The number of benzene rings is 1. The number of carbonyl (C=O) groups is 1. The molecule has 3 aromatic rings. The molecule has 0 saturated heterocycles. The number of urea groups is 1. The van der Waals surface area contributed by atoms with Crippen molar-refractivity contribution in [3.8, 4) is 11.3 Å². The predicted molar refractivity (Wildman–Crippen MR) is 115 cm³/mol. The van der Waals surface area contributed by atoms with Gasteiger partial charge in [0.05, 0.1) is 37.9 Å². The maximum Gasteiger partial charge on any atom is 0.405 e. The quantitative estimate of drug-likeness (QED) is 0.242. The number of halogens is 3. The smallest absolute Gasteiger partial charge is 0.394 e. The van der Waals surface area contributed by atoms with Crippen molar-refractivity contribution in [2.75, 3.05) is 38.3 Å². The van der Waals surface area contributed by atoms with E-state index < -0.39 is 18.8 Å². The molecule has 0 saturated carbocycles. The average molecular weight is 465 g/mol.